The Kier molecular flexibility index (Phi) is 5.94. The number of carbonyl (C=O) groups excluding carboxylic acids is 1. The van der Waals surface area contributed by atoms with Crippen LogP contribution in [0, 0.1) is 0 Å². The summed E-state index contributed by atoms with van der Waals surface area (Å²) in [6.07, 6.45) is -0.868. The maximum Gasteiger partial charge on any atom is 0.337 e. The first-order chi connectivity index (χ1) is 11.3. The maximum absolute atomic E-state index is 12.2. The second-order valence-electron chi connectivity index (χ2n) is 4.82. The van der Waals surface area contributed by atoms with E-state index in [2.05, 4.69) is 5.32 Å². The zero-order chi connectivity index (χ0) is 17.9. The van der Waals surface area contributed by atoms with E-state index in [1.807, 2.05) is 0 Å². The number of aromatic carboxylic acids is 1. The second kappa shape index (κ2) is 7.75. The van der Waals surface area contributed by atoms with E-state index in [9.17, 15) is 9.59 Å². The van der Waals surface area contributed by atoms with Crippen LogP contribution < -0.4 is 10.1 Å². The molecule has 1 amide bonds. The molecule has 24 heavy (non-hydrogen) atoms. The van der Waals surface area contributed by atoms with Crippen LogP contribution in [0.2, 0.25) is 15.1 Å². The number of rotatable bonds is 5. The van der Waals surface area contributed by atoms with Crippen LogP contribution in [0.25, 0.3) is 0 Å². The van der Waals surface area contributed by atoms with Crippen LogP contribution in [0.4, 0.5) is 5.69 Å². The van der Waals surface area contributed by atoms with Crippen molar-refractivity contribution in [2.75, 3.05) is 5.32 Å². The van der Waals surface area contributed by atoms with Gasteiger partial charge in [0.1, 0.15) is 5.75 Å². The van der Waals surface area contributed by atoms with E-state index in [1.54, 1.807) is 12.1 Å². The van der Waals surface area contributed by atoms with E-state index in [0.29, 0.717) is 16.5 Å². The van der Waals surface area contributed by atoms with Crippen LogP contribution in [0.3, 0.4) is 0 Å². The average Bonchev–Trinajstić information content (AvgIpc) is 2.51. The fraction of sp³-hybridized carbons (Fsp3) is 0.125. The highest BCUT2D eigenvalue weighted by Gasteiger charge is 2.18. The molecule has 0 aliphatic rings. The van der Waals surface area contributed by atoms with Crippen molar-refractivity contribution >= 4 is 52.4 Å². The molecule has 0 spiro atoms. The van der Waals surface area contributed by atoms with Gasteiger partial charge in [0.25, 0.3) is 5.91 Å². The summed E-state index contributed by atoms with van der Waals surface area (Å²) in [5.74, 6) is -1.35. The molecule has 0 saturated heterocycles. The Morgan fingerprint density at radius 1 is 1.08 bits per heavy atom. The quantitative estimate of drug-likeness (QED) is 0.775. The molecular weight excluding hydrogens is 377 g/mol. The topological polar surface area (TPSA) is 75.6 Å². The Hall–Kier alpha value is -1.95. The Labute approximate surface area is 153 Å². The summed E-state index contributed by atoms with van der Waals surface area (Å²) >= 11 is 17.6. The van der Waals surface area contributed by atoms with Crippen LogP contribution in [0.15, 0.2) is 36.4 Å². The molecule has 0 heterocycles. The summed E-state index contributed by atoms with van der Waals surface area (Å²) in [5, 5.41) is 12.4. The smallest absolute Gasteiger partial charge is 0.337 e. The van der Waals surface area contributed by atoms with Crippen molar-refractivity contribution in [2.24, 2.45) is 0 Å². The highest BCUT2D eigenvalue weighted by Crippen LogP contribution is 2.28. The van der Waals surface area contributed by atoms with E-state index in [0.717, 1.165) is 0 Å². The van der Waals surface area contributed by atoms with Gasteiger partial charge in [-0.3, -0.25) is 4.79 Å². The molecule has 2 N–H and O–H groups in total. The normalized spacial score (nSPS) is 11.7. The van der Waals surface area contributed by atoms with E-state index >= 15 is 0 Å². The third-order valence-electron chi connectivity index (χ3n) is 3.03. The summed E-state index contributed by atoms with van der Waals surface area (Å²) < 4.78 is 5.49. The summed E-state index contributed by atoms with van der Waals surface area (Å²) in [4.78, 5) is 23.2. The maximum atomic E-state index is 12.2. The standard InChI is InChI=1S/C16H12Cl3NO4/c1-8(24-14-5-2-9(17)6-13(14)19)15(21)20-10-3-4-12(18)11(7-10)16(22)23/h2-8H,1H3,(H,20,21)(H,22,23). The number of hydrogen-bond donors (Lipinski definition) is 2. The zero-order valence-electron chi connectivity index (χ0n) is 12.3. The molecule has 2 aromatic carbocycles. The minimum absolute atomic E-state index is 0.0812. The van der Waals surface area contributed by atoms with Crippen molar-refractivity contribution in [2.45, 2.75) is 13.0 Å². The van der Waals surface area contributed by atoms with Crippen LogP contribution >= 0.6 is 34.8 Å². The van der Waals surface area contributed by atoms with Crippen LogP contribution in [-0.4, -0.2) is 23.1 Å². The number of hydrogen-bond acceptors (Lipinski definition) is 3. The van der Waals surface area contributed by atoms with Gasteiger partial charge < -0.3 is 15.2 Å². The lowest BCUT2D eigenvalue weighted by atomic mass is 10.2. The third-order valence-corrected chi connectivity index (χ3v) is 3.89. The molecule has 2 rings (SSSR count). The highest BCUT2D eigenvalue weighted by molar-refractivity contribution is 6.35. The monoisotopic (exact) mass is 387 g/mol. The molecule has 0 fully saturated rings. The SMILES string of the molecule is CC(Oc1ccc(Cl)cc1Cl)C(=O)Nc1ccc(Cl)c(C(=O)O)c1. The van der Waals surface area contributed by atoms with Crippen molar-refractivity contribution in [3.05, 3.63) is 57.0 Å². The Bertz CT molecular complexity index is 795. The number of halogens is 3. The molecule has 126 valence electrons. The van der Waals surface area contributed by atoms with Crippen LogP contribution in [0.5, 0.6) is 5.75 Å². The van der Waals surface area contributed by atoms with Gasteiger partial charge in [0.05, 0.1) is 15.6 Å². The summed E-state index contributed by atoms with van der Waals surface area (Å²) in [6.45, 7) is 1.54. The summed E-state index contributed by atoms with van der Waals surface area (Å²) in [5.41, 5.74) is 0.184. The predicted octanol–water partition coefficient (Wildman–Crippen LogP) is 4.75. The number of ether oxygens (including phenoxy) is 1. The molecule has 1 unspecified atom stereocenters. The molecule has 0 aromatic heterocycles. The van der Waals surface area contributed by atoms with E-state index in [-0.39, 0.29) is 15.6 Å². The van der Waals surface area contributed by atoms with Crippen molar-refractivity contribution in [3.63, 3.8) is 0 Å². The van der Waals surface area contributed by atoms with Gasteiger partial charge in [-0.15, -0.1) is 0 Å². The van der Waals surface area contributed by atoms with Gasteiger partial charge in [-0.25, -0.2) is 4.79 Å². The van der Waals surface area contributed by atoms with Gasteiger partial charge >= 0.3 is 5.97 Å². The molecule has 1 atom stereocenters. The average molecular weight is 389 g/mol. The number of carbonyl (C=O) groups is 2. The minimum atomic E-state index is -1.19. The van der Waals surface area contributed by atoms with Gasteiger partial charge in [0.2, 0.25) is 0 Å². The largest absolute Gasteiger partial charge is 0.479 e. The van der Waals surface area contributed by atoms with Crippen molar-refractivity contribution in [1.29, 1.82) is 0 Å². The van der Waals surface area contributed by atoms with Gasteiger partial charge in [0, 0.05) is 10.7 Å². The molecule has 0 aliphatic carbocycles. The molecule has 8 heteroatoms. The lowest BCUT2D eigenvalue weighted by Gasteiger charge is -2.16. The highest BCUT2D eigenvalue weighted by atomic mass is 35.5. The molecule has 0 radical (unpaired) electrons. The van der Waals surface area contributed by atoms with E-state index in [1.165, 1.54) is 31.2 Å². The first-order valence-electron chi connectivity index (χ1n) is 6.73. The molecule has 2 aromatic rings. The van der Waals surface area contributed by atoms with Crippen LogP contribution in [0.1, 0.15) is 17.3 Å². The third kappa shape index (κ3) is 4.54. The Morgan fingerprint density at radius 3 is 2.42 bits per heavy atom. The Morgan fingerprint density at radius 2 is 1.79 bits per heavy atom. The van der Waals surface area contributed by atoms with Gasteiger partial charge in [-0.1, -0.05) is 34.8 Å². The van der Waals surface area contributed by atoms with Gasteiger partial charge in [-0.05, 0) is 43.3 Å². The molecular formula is C16H12Cl3NO4. The Balaban J connectivity index is 2.09. The van der Waals surface area contributed by atoms with Crippen molar-refractivity contribution in [1.82, 2.24) is 0 Å². The van der Waals surface area contributed by atoms with Gasteiger partial charge in [0.15, 0.2) is 6.10 Å². The first-order valence-corrected chi connectivity index (χ1v) is 7.86. The number of carboxylic acids is 1. The zero-order valence-corrected chi connectivity index (χ0v) is 14.6. The van der Waals surface area contributed by atoms with Crippen molar-refractivity contribution < 1.29 is 19.4 Å². The molecule has 0 aliphatic heterocycles. The van der Waals surface area contributed by atoms with Crippen molar-refractivity contribution in [3.8, 4) is 5.75 Å². The molecule has 5 nitrogen and oxygen atoms in total. The van der Waals surface area contributed by atoms with E-state index in [4.69, 9.17) is 44.6 Å². The van der Waals surface area contributed by atoms with Gasteiger partial charge in [-0.2, -0.15) is 0 Å². The number of benzene rings is 2. The fourth-order valence-corrected chi connectivity index (χ4v) is 2.48. The summed E-state index contributed by atoms with van der Waals surface area (Å²) in [7, 11) is 0. The number of amides is 1. The molecule has 0 saturated carbocycles. The lowest BCUT2D eigenvalue weighted by molar-refractivity contribution is -0.122. The predicted molar refractivity (Wildman–Crippen MR) is 93.6 cm³/mol. The summed E-state index contributed by atoms with van der Waals surface area (Å²) in [6, 6.07) is 8.80. The van der Waals surface area contributed by atoms with Crippen LogP contribution in [-0.2, 0) is 4.79 Å². The second-order valence-corrected chi connectivity index (χ2v) is 6.07. The number of carboxylic acid groups (broad SMARTS) is 1. The van der Waals surface area contributed by atoms with E-state index < -0.39 is 18.0 Å². The molecule has 0 bridgehead atoms. The number of anilines is 1. The lowest BCUT2D eigenvalue weighted by Crippen LogP contribution is -2.30. The minimum Gasteiger partial charge on any atom is -0.479 e. The number of nitrogens with one attached hydrogen (secondary N) is 1. The fourth-order valence-electron chi connectivity index (χ4n) is 1.83. The first kappa shape index (κ1) is 18.4.